The second-order valence-corrected chi connectivity index (χ2v) is 6.56. The number of aromatic nitrogens is 4. The van der Waals surface area contributed by atoms with Crippen molar-refractivity contribution < 1.29 is 0 Å². The van der Waals surface area contributed by atoms with Gasteiger partial charge in [0.05, 0.1) is 0 Å². The molecule has 1 fully saturated rings. The van der Waals surface area contributed by atoms with Gasteiger partial charge in [-0.25, -0.2) is 0 Å². The molecular formula is C18H22N6. The van der Waals surface area contributed by atoms with Crippen LogP contribution in [0.4, 0.5) is 11.5 Å². The van der Waals surface area contributed by atoms with Gasteiger partial charge in [-0.1, -0.05) is 12.1 Å². The van der Waals surface area contributed by atoms with Crippen LogP contribution in [0.3, 0.4) is 0 Å². The molecule has 24 heavy (non-hydrogen) atoms. The molecule has 124 valence electrons. The zero-order chi connectivity index (χ0) is 16.5. The van der Waals surface area contributed by atoms with Crippen LogP contribution in [0.15, 0.2) is 36.4 Å². The first-order valence-corrected chi connectivity index (χ1v) is 8.43. The molecule has 6 nitrogen and oxygen atoms in total. The topological polar surface area (TPSA) is 58.3 Å². The SMILES string of the molecule is CN(C)c1ccc(CCNc2ccc3nnc(C4CC4)n3n2)cc1. The lowest BCUT2D eigenvalue weighted by molar-refractivity contribution is 0.813. The van der Waals surface area contributed by atoms with E-state index in [1.54, 1.807) is 0 Å². The summed E-state index contributed by atoms with van der Waals surface area (Å²) in [6.07, 6.45) is 3.36. The second-order valence-electron chi connectivity index (χ2n) is 6.56. The summed E-state index contributed by atoms with van der Waals surface area (Å²) in [4.78, 5) is 2.11. The molecule has 2 aromatic heterocycles. The average molecular weight is 322 g/mol. The van der Waals surface area contributed by atoms with E-state index in [1.807, 2.05) is 16.6 Å². The van der Waals surface area contributed by atoms with Gasteiger partial charge in [0.1, 0.15) is 5.82 Å². The zero-order valence-electron chi connectivity index (χ0n) is 14.1. The summed E-state index contributed by atoms with van der Waals surface area (Å²) in [7, 11) is 4.11. The first kappa shape index (κ1) is 14.9. The summed E-state index contributed by atoms with van der Waals surface area (Å²) in [5.74, 6) is 2.40. The van der Waals surface area contributed by atoms with Gasteiger partial charge in [0.2, 0.25) is 0 Å². The van der Waals surface area contributed by atoms with Crippen molar-refractivity contribution in [3.8, 4) is 0 Å². The van der Waals surface area contributed by atoms with Crippen molar-refractivity contribution in [1.29, 1.82) is 0 Å². The smallest absolute Gasteiger partial charge is 0.178 e. The fourth-order valence-corrected chi connectivity index (χ4v) is 2.79. The molecule has 1 aliphatic carbocycles. The van der Waals surface area contributed by atoms with Crippen LogP contribution in [0.1, 0.15) is 30.1 Å². The summed E-state index contributed by atoms with van der Waals surface area (Å²) < 4.78 is 1.88. The minimum Gasteiger partial charge on any atom is -0.378 e. The lowest BCUT2D eigenvalue weighted by atomic mass is 10.1. The Morgan fingerprint density at radius 2 is 1.88 bits per heavy atom. The van der Waals surface area contributed by atoms with Crippen LogP contribution < -0.4 is 10.2 Å². The molecule has 0 unspecified atom stereocenters. The molecule has 2 heterocycles. The Bertz CT molecular complexity index is 832. The maximum Gasteiger partial charge on any atom is 0.178 e. The van der Waals surface area contributed by atoms with Crippen molar-refractivity contribution >= 4 is 17.2 Å². The quantitative estimate of drug-likeness (QED) is 0.756. The van der Waals surface area contributed by atoms with Crippen molar-refractivity contribution in [3.05, 3.63) is 47.8 Å². The minimum atomic E-state index is 0.540. The van der Waals surface area contributed by atoms with E-state index >= 15 is 0 Å². The van der Waals surface area contributed by atoms with E-state index in [-0.39, 0.29) is 0 Å². The number of benzene rings is 1. The third kappa shape index (κ3) is 3.04. The largest absolute Gasteiger partial charge is 0.378 e. The van der Waals surface area contributed by atoms with Gasteiger partial charge in [-0.05, 0) is 49.1 Å². The van der Waals surface area contributed by atoms with Gasteiger partial charge in [-0.3, -0.25) is 0 Å². The number of hydrogen-bond acceptors (Lipinski definition) is 5. The molecule has 3 aromatic rings. The number of nitrogens with one attached hydrogen (secondary N) is 1. The van der Waals surface area contributed by atoms with Crippen LogP contribution in [0, 0.1) is 0 Å². The molecule has 1 aromatic carbocycles. The molecule has 0 spiro atoms. The van der Waals surface area contributed by atoms with Crippen LogP contribution >= 0.6 is 0 Å². The number of nitrogens with zero attached hydrogens (tertiary/aromatic N) is 5. The van der Waals surface area contributed by atoms with E-state index < -0.39 is 0 Å². The molecular weight excluding hydrogens is 300 g/mol. The van der Waals surface area contributed by atoms with Gasteiger partial charge in [-0.15, -0.1) is 15.3 Å². The first-order valence-electron chi connectivity index (χ1n) is 8.43. The van der Waals surface area contributed by atoms with E-state index in [2.05, 4.69) is 63.9 Å². The standard InChI is InChI=1S/C18H22N6/c1-23(2)15-7-3-13(4-8-15)11-12-19-16-9-10-17-20-21-18(14-5-6-14)24(17)22-16/h3-4,7-10,14H,5-6,11-12H2,1-2H3,(H,19,22). The first-order chi connectivity index (χ1) is 11.7. The second kappa shape index (κ2) is 6.11. The predicted molar refractivity (Wildman–Crippen MR) is 95.7 cm³/mol. The van der Waals surface area contributed by atoms with Crippen molar-refractivity contribution in [2.24, 2.45) is 0 Å². The molecule has 0 atom stereocenters. The van der Waals surface area contributed by atoms with E-state index in [4.69, 9.17) is 0 Å². The molecule has 0 amide bonds. The van der Waals surface area contributed by atoms with Gasteiger partial charge < -0.3 is 10.2 Å². The Balaban J connectivity index is 1.40. The molecule has 4 rings (SSSR count). The predicted octanol–water partition coefficient (Wildman–Crippen LogP) is 2.72. The monoisotopic (exact) mass is 322 g/mol. The third-order valence-electron chi connectivity index (χ3n) is 4.40. The zero-order valence-corrected chi connectivity index (χ0v) is 14.1. The minimum absolute atomic E-state index is 0.540. The highest BCUT2D eigenvalue weighted by Crippen LogP contribution is 2.38. The average Bonchev–Trinajstić information content (AvgIpc) is 3.35. The van der Waals surface area contributed by atoms with Crippen molar-refractivity contribution in [2.45, 2.75) is 25.2 Å². The lowest BCUT2D eigenvalue weighted by Gasteiger charge is -2.12. The summed E-state index contributed by atoms with van der Waals surface area (Å²) in [5, 5.41) is 16.5. The molecule has 6 heteroatoms. The van der Waals surface area contributed by atoms with E-state index in [9.17, 15) is 0 Å². The highest BCUT2D eigenvalue weighted by atomic mass is 15.4. The summed E-state index contributed by atoms with van der Waals surface area (Å²) in [6.45, 7) is 0.848. The van der Waals surface area contributed by atoms with E-state index in [0.717, 1.165) is 30.3 Å². The van der Waals surface area contributed by atoms with Crippen LogP contribution in [0.25, 0.3) is 5.65 Å². The Morgan fingerprint density at radius 3 is 2.58 bits per heavy atom. The number of hydrogen-bond donors (Lipinski definition) is 1. The van der Waals surface area contributed by atoms with Gasteiger partial charge in [-0.2, -0.15) is 4.52 Å². The van der Waals surface area contributed by atoms with Gasteiger partial charge >= 0.3 is 0 Å². The van der Waals surface area contributed by atoms with Gasteiger partial charge in [0.15, 0.2) is 11.5 Å². The molecule has 1 saturated carbocycles. The van der Waals surface area contributed by atoms with E-state index in [1.165, 1.54) is 24.1 Å². The Labute approximate surface area is 141 Å². The Kier molecular flexibility index (Phi) is 3.80. The summed E-state index contributed by atoms with van der Waals surface area (Å²) in [6, 6.07) is 12.6. The van der Waals surface area contributed by atoms with Crippen LogP contribution in [-0.4, -0.2) is 40.5 Å². The van der Waals surface area contributed by atoms with E-state index in [0.29, 0.717) is 5.92 Å². The summed E-state index contributed by atoms with van der Waals surface area (Å²) >= 11 is 0. The highest BCUT2D eigenvalue weighted by molar-refractivity contribution is 5.47. The molecule has 1 N–H and O–H groups in total. The maximum absolute atomic E-state index is 4.64. The molecule has 0 bridgehead atoms. The third-order valence-corrected chi connectivity index (χ3v) is 4.40. The lowest BCUT2D eigenvalue weighted by Crippen LogP contribution is -2.10. The highest BCUT2D eigenvalue weighted by Gasteiger charge is 2.29. The van der Waals surface area contributed by atoms with Crippen LogP contribution in [0.5, 0.6) is 0 Å². The fourth-order valence-electron chi connectivity index (χ4n) is 2.79. The van der Waals surface area contributed by atoms with Crippen LogP contribution in [-0.2, 0) is 6.42 Å². The van der Waals surface area contributed by atoms with Crippen LogP contribution in [0.2, 0.25) is 0 Å². The maximum atomic E-state index is 4.64. The Morgan fingerprint density at radius 1 is 1.08 bits per heavy atom. The normalized spacial score (nSPS) is 14.1. The number of fused-ring (bicyclic) bond motifs is 1. The van der Waals surface area contributed by atoms with Crippen molar-refractivity contribution in [2.75, 3.05) is 30.9 Å². The molecule has 0 aliphatic heterocycles. The number of anilines is 2. The molecule has 0 saturated heterocycles. The van der Waals surface area contributed by atoms with Gasteiger partial charge in [0.25, 0.3) is 0 Å². The van der Waals surface area contributed by atoms with Gasteiger partial charge in [0, 0.05) is 32.2 Å². The molecule has 0 radical (unpaired) electrons. The Hall–Kier alpha value is -2.63. The fraction of sp³-hybridized carbons (Fsp3) is 0.389. The summed E-state index contributed by atoms with van der Waals surface area (Å²) in [5.41, 5.74) is 3.36. The number of rotatable bonds is 6. The van der Waals surface area contributed by atoms with Crippen molar-refractivity contribution in [1.82, 2.24) is 19.8 Å². The van der Waals surface area contributed by atoms with Crippen molar-refractivity contribution in [3.63, 3.8) is 0 Å². The molecule has 1 aliphatic rings.